The Balaban J connectivity index is 2.31. The van der Waals surface area contributed by atoms with Gasteiger partial charge in [0, 0.05) is 35.1 Å². The van der Waals surface area contributed by atoms with Crippen LogP contribution in [-0.2, 0) is 4.79 Å². The van der Waals surface area contributed by atoms with E-state index < -0.39 is 5.97 Å². The fourth-order valence-corrected chi connectivity index (χ4v) is 2.80. The quantitative estimate of drug-likeness (QED) is 0.866. The van der Waals surface area contributed by atoms with E-state index in [9.17, 15) is 9.59 Å². The number of carboxylic acids is 1. The third-order valence-corrected chi connectivity index (χ3v) is 4.28. The number of aryl methyl sites for hydroxylation is 1. The molecule has 6 heteroatoms. The maximum Gasteiger partial charge on any atom is 0.305 e. The highest BCUT2D eigenvalue weighted by Gasteiger charge is 2.20. The van der Waals surface area contributed by atoms with Crippen LogP contribution in [0.25, 0.3) is 5.69 Å². The van der Waals surface area contributed by atoms with E-state index in [0.717, 1.165) is 21.5 Å². The summed E-state index contributed by atoms with van der Waals surface area (Å²) < 4.78 is 3.01. The molecule has 1 heterocycles. The van der Waals surface area contributed by atoms with Crippen molar-refractivity contribution in [1.82, 2.24) is 9.47 Å². The lowest BCUT2D eigenvalue weighted by molar-refractivity contribution is -0.137. The van der Waals surface area contributed by atoms with Gasteiger partial charge in [-0.05, 0) is 44.2 Å². The van der Waals surface area contributed by atoms with Crippen molar-refractivity contribution in [2.75, 3.05) is 13.6 Å². The Morgan fingerprint density at radius 2 is 1.83 bits per heavy atom. The van der Waals surface area contributed by atoms with Gasteiger partial charge in [-0.1, -0.05) is 15.9 Å². The number of halogens is 1. The standard InChI is InChI=1S/C17H19BrN2O3/c1-11-10-15(17(23)19(3)9-8-16(21)22)12(2)20(11)14-6-4-13(18)5-7-14/h4-7,10H,8-9H2,1-3H3,(H,21,22). The zero-order valence-electron chi connectivity index (χ0n) is 13.3. The third kappa shape index (κ3) is 3.82. The molecule has 0 fully saturated rings. The Morgan fingerprint density at radius 3 is 2.39 bits per heavy atom. The zero-order valence-corrected chi connectivity index (χ0v) is 14.9. The van der Waals surface area contributed by atoms with E-state index in [-0.39, 0.29) is 18.9 Å². The van der Waals surface area contributed by atoms with Crippen LogP contribution >= 0.6 is 15.9 Å². The van der Waals surface area contributed by atoms with Gasteiger partial charge in [-0.2, -0.15) is 0 Å². The monoisotopic (exact) mass is 378 g/mol. The van der Waals surface area contributed by atoms with E-state index in [4.69, 9.17) is 5.11 Å². The average molecular weight is 379 g/mol. The largest absolute Gasteiger partial charge is 0.481 e. The highest BCUT2D eigenvalue weighted by Crippen LogP contribution is 2.23. The van der Waals surface area contributed by atoms with Crippen molar-refractivity contribution >= 4 is 27.8 Å². The van der Waals surface area contributed by atoms with Crippen LogP contribution in [-0.4, -0.2) is 40.0 Å². The summed E-state index contributed by atoms with van der Waals surface area (Å²) in [5.74, 6) is -1.08. The number of rotatable bonds is 5. The lowest BCUT2D eigenvalue weighted by Gasteiger charge is -2.16. The molecule has 2 aromatic rings. The van der Waals surface area contributed by atoms with Crippen molar-refractivity contribution in [2.45, 2.75) is 20.3 Å². The second-order valence-corrected chi connectivity index (χ2v) is 6.38. The first kappa shape index (κ1) is 17.3. The first-order valence-corrected chi connectivity index (χ1v) is 8.02. The number of carbonyl (C=O) groups excluding carboxylic acids is 1. The van der Waals surface area contributed by atoms with Crippen LogP contribution in [0.4, 0.5) is 0 Å². The molecular formula is C17H19BrN2O3. The van der Waals surface area contributed by atoms with Gasteiger partial charge in [-0.25, -0.2) is 0 Å². The van der Waals surface area contributed by atoms with Crippen LogP contribution in [0.3, 0.4) is 0 Å². The summed E-state index contributed by atoms with van der Waals surface area (Å²) in [5, 5.41) is 8.74. The maximum atomic E-state index is 12.5. The topological polar surface area (TPSA) is 62.5 Å². The fourth-order valence-electron chi connectivity index (χ4n) is 2.54. The summed E-state index contributed by atoms with van der Waals surface area (Å²) in [6.07, 6.45) is -0.0618. The molecule has 122 valence electrons. The number of hydrogen-bond donors (Lipinski definition) is 1. The molecule has 0 atom stereocenters. The molecule has 2 rings (SSSR count). The van der Waals surface area contributed by atoms with E-state index in [1.54, 1.807) is 7.05 Å². The van der Waals surface area contributed by atoms with E-state index >= 15 is 0 Å². The molecule has 23 heavy (non-hydrogen) atoms. The van der Waals surface area contributed by atoms with Gasteiger partial charge >= 0.3 is 5.97 Å². The smallest absolute Gasteiger partial charge is 0.305 e. The molecule has 1 aromatic carbocycles. The van der Waals surface area contributed by atoms with E-state index in [1.807, 2.05) is 48.7 Å². The highest BCUT2D eigenvalue weighted by atomic mass is 79.9. The van der Waals surface area contributed by atoms with Gasteiger partial charge < -0.3 is 14.6 Å². The number of carboxylic acid groups (broad SMARTS) is 1. The van der Waals surface area contributed by atoms with Crippen LogP contribution < -0.4 is 0 Å². The number of hydrogen-bond acceptors (Lipinski definition) is 2. The molecule has 1 N–H and O–H groups in total. The SMILES string of the molecule is Cc1cc(C(=O)N(C)CCC(=O)O)c(C)n1-c1ccc(Br)cc1. The number of amides is 1. The molecule has 0 aliphatic rings. The van der Waals surface area contributed by atoms with Crippen LogP contribution in [0.1, 0.15) is 28.2 Å². The first-order chi connectivity index (χ1) is 10.8. The summed E-state index contributed by atoms with van der Waals surface area (Å²) in [7, 11) is 1.62. The highest BCUT2D eigenvalue weighted by molar-refractivity contribution is 9.10. The second-order valence-electron chi connectivity index (χ2n) is 5.47. The fraction of sp³-hybridized carbons (Fsp3) is 0.294. The van der Waals surface area contributed by atoms with E-state index in [1.165, 1.54) is 4.90 Å². The summed E-state index contributed by atoms with van der Waals surface area (Å²) >= 11 is 3.41. The van der Waals surface area contributed by atoms with Crippen molar-refractivity contribution < 1.29 is 14.7 Å². The minimum absolute atomic E-state index is 0.0618. The summed E-state index contributed by atoms with van der Waals surface area (Å²) in [6, 6.07) is 9.71. The Kier molecular flexibility index (Phi) is 5.26. The van der Waals surface area contributed by atoms with Crippen LogP contribution in [0.15, 0.2) is 34.8 Å². The predicted octanol–water partition coefficient (Wildman–Crippen LogP) is 3.40. The number of aliphatic carboxylic acids is 1. The van der Waals surface area contributed by atoms with Gasteiger partial charge in [0.05, 0.1) is 12.0 Å². The van der Waals surface area contributed by atoms with Crippen molar-refractivity contribution in [1.29, 1.82) is 0 Å². The van der Waals surface area contributed by atoms with Gasteiger partial charge in [0.25, 0.3) is 5.91 Å². The van der Waals surface area contributed by atoms with Gasteiger partial charge in [0.15, 0.2) is 0 Å². The number of nitrogens with zero attached hydrogens (tertiary/aromatic N) is 2. The molecule has 1 aromatic heterocycles. The van der Waals surface area contributed by atoms with Crippen LogP contribution in [0, 0.1) is 13.8 Å². The molecule has 5 nitrogen and oxygen atoms in total. The molecular weight excluding hydrogens is 360 g/mol. The second kappa shape index (κ2) is 7.00. The lowest BCUT2D eigenvalue weighted by atomic mass is 10.2. The average Bonchev–Trinajstić information content (AvgIpc) is 2.80. The number of carbonyl (C=O) groups is 2. The van der Waals surface area contributed by atoms with Crippen LogP contribution in [0.5, 0.6) is 0 Å². The molecule has 0 saturated heterocycles. The Bertz CT molecular complexity index is 735. The van der Waals surface area contributed by atoms with E-state index in [2.05, 4.69) is 15.9 Å². The summed E-state index contributed by atoms with van der Waals surface area (Å²) in [6.45, 7) is 4.03. The van der Waals surface area contributed by atoms with Gasteiger partial charge in [0.2, 0.25) is 0 Å². The Hall–Kier alpha value is -2.08. The lowest BCUT2D eigenvalue weighted by Crippen LogP contribution is -2.29. The minimum atomic E-state index is -0.912. The van der Waals surface area contributed by atoms with Gasteiger partial charge in [-0.15, -0.1) is 0 Å². The maximum absolute atomic E-state index is 12.5. The normalized spacial score (nSPS) is 10.6. The molecule has 1 amide bonds. The van der Waals surface area contributed by atoms with Crippen molar-refractivity contribution in [2.24, 2.45) is 0 Å². The van der Waals surface area contributed by atoms with Gasteiger partial charge in [0.1, 0.15) is 0 Å². The number of aromatic nitrogens is 1. The summed E-state index contributed by atoms with van der Waals surface area (Å²) in [4.78, 5) is 24.6. The third-order valence-electron chi connectivity index (χ3n) is 3.75. The Morgan fingerprint density at radius 1 is 1.22 bits per heavy atom. The molecule has 0 bridgehead atoms. The molecule has 0 spiro atoms. The predicted molar refractivity (Wildman–Crippen MR) is 92.2 cm³/mol. The van der Waals surface area contributed by atoms with Crippen molar-refractivity contribution in [3.05, 3.63) is 51.8 Å². The molecule has 0 saturated carbocycles. The van der Waals surface area contributed by atoms with Crippen molar-refractivity contribution in [3.8, 4) is 5.69 Å². The van der Waals surface area contributed by atoms with Crippen molar-refractivity contribution in [3.63, 3.8) is 0 Å². The first-order valence-electron chi connectivity index (χ1n) is 7.23. The van der Waals surface area contributed by atoms with E-state index in [0.29, 0.717) is 5.56 Å². The summed E-state index contributed by atoms with van der Waals surface area (Å²) in [5.41, 5.74) is 3.38. The Labute approximate surface area is 143 Å². The minimum Gasteiger partial charge on any atom is -0.481 e. The zero-order chi connectivity index (χ0) is 17.1. The molecule has 0 unspecified atom stereocenters. The number of benzene rings is 1. The van der Waals surface area contributed by atoms with Gasteiger partial charge in [-0.3, -0.25) is 9.59 Å². The molecule has 0 aliphatic carbocycles. The molecule has 0 radical (unpaired) electrons. The molecule has 0 aliphatic heterocycles. The van der Waals surface area contributed by atoms with Crippen LogP contribution in [0.2, 0.25) is 0 Å².